The third kappa shape index (κ3) is 5.79. The van der Waals surface area contributed by atoms with E-state index in [1.165, 1.54) is 0 Å². The van der Waals surface area contributed by atoms with Crippen LogP contribution in [-0.4, -0.2) is 19.9 Å². The van der Waals surface area contributed by atoms with Crippen LogP contribution in [0.2, 0.25) is 0 Å². The molecule has 0 aliphatic carbocycles. The molecule has 0 aliphatic heterocycles. The minimum absolute atomic E-state index is 0.856. The number of benzene rings is 5. The molecule has 4 nitrogen and oxygen atoms in total. The third-order valence-electron chi connectivity index (χ3n) is 6.67. The zero-order valence-electron chi connectivity index (χ0n) is 24.5. The Balaban J connectivity index is 0.000000847. The van der Waals surface area contributed by atoms with Crippen LogP contribution in [-0.2, 0) is 0 Å². The molecule has 2 heterocycles. The Bertz CT molecular complexity index is 1760. The number of nitrogens with zero attached hydrogens (tertiary/aromatic N) is 4. The van der Waals surface area contributed by atoms with Gasteiger partial charge in [0, 0.05) is 22.3 Å². The molecule has 0 bridgehead atoms. The highest BCUT2D eigenvalue weighted by Crippen LogP contribution is 2.34. The summed E-state index contributed by atoms with van der Waals surface area (Å²) in [5.41, 5.74) is 11.0. The van der Waals surface area contributed by atoms with Crippen LogP contribution >= 0.6 is 0 Å². The fourth-order valence-electron chi connectivity index (χ4n) is 4.78. The van der Waals surface area contributed by atoms with Crippen molar-refractivity contribution in [3.05, 3.63) is 133 Å². The number of aromatic nitrogens is 4. The van der Waals surface area contributed by atoms with E-state index in [9.17, 15) is 0 Å². The van der Waals surface area contributed by atoms with E-state index in [0.717, 1.165) is 67.1 Å². The lowest BCUT2D eigenvalue weighted by Crippen LogP contribution is -1.97. The Hall–Kier alpha value is -5.22. The number of hydrogen-bond donors (Lipinski definition) is 0. The number of rotatable bonds is 4. The first-order chi connectivity index (χ1) is 20.8. The highest BCUT2D eigenvalue weighted by atomic mass is 14.8. The minimum Gasteiger partial charge on any atom is -0.244 e. The van der Waals surface area contributed by atoms with E-state index < -0.39 is 0 Å². The smallest absolute Gasteiger partial charge is 0.0973 e. The predicted octanol–water partition coefficient (Wildman–Crippen LogP) is 10.3. The maximum absolute atomic E-state index is 5.04. The highest BCUT2D eigenvalue weighted by Gasteiger charge is 2.16. The lowest BCUT2D eigenvalue weighted by Gasteiger charge is -2.13. The van der Waals surface area contributed by atoms with Crippen LogP contribution in [0.3, 0.4) is 0 Å². The SMILES string of the molecule is CC.CC.c1ccc(-c2nc3ccccc3nc2-c2ccc(-c3nc4ccccc4nc3-c3ccccc3)cc2)cc1. The van der Waals surface area contributed by atoms with E-state index in [4.69, 9.17) is 19.9 Å². The van der Waals surface area contributed by atoms with Gasteiger partial charge >= 0.3 is 0 Å². The van der Waals surface area contributed by atoms with Gasteiger partial charge in [0.25, 0.3) is 0 Å². The molecule has 206 valence electrons. The molecule has 0 atom stereocenters. The zero-order chi connectivity index (χ0) is 29.3. The molecule has 0 saturated carbocycles. The summed E-state index contributed by atoms with van der Waals surface area (Å²) in [6.45, 7) is 8.00. The maximum Gasteiger partial charge on any atom is 0.0973 e. The van der Waals surface area contributed by atoms with Crippen molar-refractivity contribution in [1.82, 2.24) is 19.9 Å². The predicted molar refractivity (Wildman–Crippen MR) is 177 cm³/mol. The molecule has 42 heavy (non-hydrogen) atoms. The standard InChI is InChI=1S/C34H22N4.2C2H6/c1-3-11-23(12-4-1)31-33(37-29-17-9-7-15-27(29)35-31)25-19-21-26(22-20-25)34-32(24-13-5-2-6-14-24)36-28-16-8-10-18-30(28)38-34;2*1-2/h1-22H;2*1-2H3. The molecule has 0 spiro atoms. The van der Waals surface area contributed by atoms with Crippen molar-refractivity contribution < 1.29 is 0 Å². The monoisotopic (exact) mass is 546 g/mol. The van der Waals surface area contributed by atoms with E-state index in [1.807, 2.05) is 113 Å². The van der Waals surface area contributed by atoms with Gasteiger partial charge in [0.15, 0.2) is 0 Å². The van der Waals surface area contributed by atoms with E-state index in [2.05, 4.69) is 48.5 Å². The van der Waals surface area contributed by atoms with Gasteiger partial charge in [-0.2, -0.15) is 0 Å². The van der Waals surface area contributed by atoms with Gasteiger partial charge in [-0.1, -0.05) is 137 Å². The summed E-state index contributed by atoms with van der Waals surface area (Å²) in [6.07, 6.45) is 0. The van der Waals surface area contributed by atoms with Gasteiger partial charge in [0.1, 0.15) is 0 Å². The van der Waals surface area contributed by atoms with Gasteiger partial charge in [-0.05, 0) is 24.3 Å². The first kappa shape index (κ1) is 28.3. The van der Waals surface area contributed by atoms with E-state index in [-0.39, 0.29) is 0 Å². The molecule has 0 saturated heterocycles. The fraction of sp³-hybridized carbons (Fsp3) is 0.105. The van der Waals surface area contributed by atoms with Gasteiger partial charge in [-0.25, -0.2) is 19.9 Å². The van der Waals surface area contributed by atoms with Gasteiger partial charge in [0.2, 0.25) is 0 Å². The molecular formula is C38H34N4. The first-order valence-corrected chi connectivity index (χ1v) is 14.6. The highest BCUT2D eigenvalue weighted by molar-refractivity contribution is 5.89. The van der Waals surface area contributed by atoms with Crippen LogP contribution in [0.25, 0.3) is 67.1 Å². The maximum atomic E-state index is 5.04. The van der Waals surface area contributed by atoms with Gasteiger partial charge < -0.3 is 0 Å². The topological polar surface area (TPSA) is 51.6 Å². The summed E-state index contributed by atoms with van der Waals surface area (Å²) in [5, 5.41) is 0. The lowest BCUT2D eigenvalue weighted by atomic mass is 9.99. The van der Waals surface area contributed by atoms with Crippen LogP contribution in [0.15, 0.2) is 133 Å². The van der Waals surface area contributed by atoms with Crippen LogP contribution < -0.4 is 0 Å². The quantitative estimate of drug-likeness (QED) is 0.220. The molecule has 4 heteroatoms. The minimum atomic E-state index is 0.856. The van der Waals surface area contributed by atoms with Crippen molar-refractivity contribution in [1.29, 1.82) is 0 Å². The molecule has 0 aliphatic rings. The van der Waals surface area contributed by atoms with Crippen LogP contribution in [0.5, 0.6) is 0 Å². The molecule has 7 aromatic rings. The number of para-hydroxylation sites is 4. The molecule has 0 radical (unpaired) electrons. The summed E-state index contributed by atoms with van der Waals surface area (Å²) in [5.74, 6) is 0. The number of fused-ring (bicyclic) bond motifs is 2. The molecule has 5 aromatic carbocycles. The Morgan fingerprint density at radius 2 is 0.476 bits per heavy atom. The molecule has 2 aromatic heterocycles. The zero-order valence-corrected chi connectivity index (χ0v) is 24.5. The fourth-order valence-corrected chi connectivity index (χ4v) is 4.78. The summed E-state index contributed by atoms with van der Waals surface area (Å²) >= 11 is 0. The van der Waals surface area contributed by atoms with Crippen molar-refractivity contribution in [2.75, 3.05) is 0 Å². The van der Waals surface area contributed by atoms with Gasteiger partial charge in [-0.15, -0.1) is 0 Å². The van der Waals surface area contributed by atoms with Crippen LogP contribution in [0, 0.1) is 0 Å². The largest absolute Gasteiger partial charge is 0.244 e. The van der Waals surface area contributed by atoms with Crippen molar-refractivity contribution in [2.24, 2.45) is 0 Å². The average Bonchev–Trinajstić information content (AvgIpc) is 3.10. The summed E-state index contributed by atoms with van der Waals surface area (Å²) < 4.78 is 0. The van der Waals surface area contributed by atoms with Gasteiger partial charge in [0.05, 0.1) is 44.8 Å². The normalized spacial score (nSPS) is 10.4. The Morgan fingerprint density at radius 3 is 0.738 bits per heavy atom. The Morgan fingerprint density at radius 1 is 0.262 bits per heavy atom. The summed E-state index contributed by atoms with van der Waals surface area (Å²) in [4.78, 5) is 20.1. The van der Waals surface area contributed by atoms with Crippen molar-refractivity contribution in [2.45, 2.75) is 27.7 Å². The second kappa shape index (κ2) is 13.4. The molecule has 0 fully saturated rings. The van der Waals surface area contributed by atoms with E-state index >= 15 is 0 Å². The molecule has 0 unspecified atom stereocenters. The van der Waals surface area contributed by atoms with Crippen LogP contribution in [0.1, 0.15) is 27.7 Å². The Labute approximate surface area is 247 Å². The van der Waals surface area contributed by atoms with Crippen molar-refractivity contribution in [3.8, 4) is 45.0 Å². The average molecular weight is 547 g/mol. The van der Waals surface area contributed by atoms with Gasteiger partial charge in [-0.3, -0.25) is 0 Å². The lowest BCUT2D eigenvalue weighted by molar-refractivity contribution is 1.28. The number of hydrogen-bond acceptors (Lipinski definition) is 4. The molecular weight excluding hydrogens is 512 g/mol. The van der Waals surface area contributed by atoms with E-state index in [1.54, 1.807) is 0 Å². The summed E-state index contributed by atoms with van der Waals surface area (Å²) in [7, 11) is 0. The molecule has 0 amide bonds. The van der Waals surface area contributed by atoms with Crippen molar-refractivity contribution >= 4 is 22.1 Å². The molecule has 7 rings (SSSR count). The third-order valence-corrected chi connectivity index (χ3v) is 6.67. The second-order valence-corrected chi connectivity index (χ2v) is 9.13. The van der Waals surface area contributed by atoms with Crippen LogP contribution in [0.4, 0.5) is 0 Å². The Kier molecular flexibility index (Phi) is 9.05. The first-order valence-electron chi connectivity index (χ1n) is 14.6. The summed E-state index contributed by atoms with van der Waals surface area (Å²) in [6, 6.07) is 44.9. The molecule has 0 N–H and O–H groups in total. The van der Waals surface area contributed by atoms with Crippen molar-refractivity contribution in [3.63, 3.8) is 0 Å². The second-order valence-electron chi connectivity index (χ2n) is 9.13. The van der Waals surface area contributed by atoms with E-state index in [0.29, 0.717) is 0 Å².